The predicted molar refractivity (Wildman–Crippen MR) is 76.6 cm³/mol. The molecule has 0 aliphatic carbocycles. The van der Waals surface area contributed by atoms with Crippen LogP contribution < -0.4 is 0 Å². The van der Waals surface area contributed by atoms with Crippen molar-refractivity contribution in [3.63, 3.8) is 0 Å². The Morgan fingerprint density at radius 1 is 1.05 bits per heavy atom. The van der Waals surface area contributed by atoms with Crippen LogP contribution in [-0.4, -0.2) is 23.0 Å². The molecule has 1 aromatic heterocycles. The zero-order valence-electron chi connectivity index (χ0n) is 9.54. The van der Waals surface area contributed by atoms with Crippen LogP contribution in [0.15, 0.2) is 45.3 Å². The molecule has 0 saturated carbocycles. The van der Waals surface area contributed by atoms with Crippen molar-refractivity contribution in [3.05, 3.63) is 56.2 Å². The Hall–Kier alpha value is -1.79. The number of hydrogen-bond acceptors (Lipinski definition) is 4. The normalized spacial score (nSPS) is 14.5. The summed E-state index contributed by atoms with van der Waals surface area (Å²) in [6.45, 7) is 0. The molecular formula is C13H7BrN2O2S. The number of halogens is 1. The van der Waals surface area contributed by atoms with E-state index in [9.17, 15) is 9.59 Å². The second-order valence-electron chi connectivity index (χ2n) is 3.85. The lowest BCUT2D eigenvalue weighted by atomic mass is 10.1. The largest absolute Gasteiger partial charge is 0.282 e. The van der Waals surface area contributed by atoms with Crippen LogP contribution in [0, 0.1) is 0 Å². The van der Waals surface area contributed by atoms with E-state index in [1.165, 1.54) is 17.6 Å². The second-order valence-corrected chi connectivity index (χ2v) is 6.35. The smallest absolute Gasteiger partial charge is 0.267 e. The Morgan fingerprint density at radius 3 is 2.21 bits per heavy atom. The summed E-state index contributed by atoms with van der Waals surface area (Å²) in [4.78, 5) is 24.9. The number of amides is 2. The highest BCUT2D eigenvalue weighted by Gasteiger charge is 2.35. The lowest BCUT2D eigenvalue weighted by Crippen LogP contribution is -2.23. The number of nitrogens with zero attached hydrogens (tertiary/aromatic N) is 2. The van der Waals surface area contributed by atoms with Crippen LogP contribution >= 0.6 is 27.3 Å². The maximum Gasteiger partial charge on any atom is 0.282 e. The Labute approximate surface area is 121 Å². The van der Waals surface area contributed by atoms with Crippen LogP contribution in [0.3, 0.4) is 0 Å². The van der Waals surface area contributed by atoms with E-state index in [0.717, 1.165) is 13.7 Å². The third-order valence-corrected chi connectivity index (χ3v) is 4.23. The Bertz CT molecular complexity index is 673. The molecule has 0 radical (unpaired) electrons. The van der Waals surface area contributed by atoms with Gasteiger partial charge in [-0.2, -0.15) is 10.1 Å². The average molecular weight is 335 g/mol. The average Bonchev–Trinajstić information content (AvgIpc) is 2.93. The van der Waals surface area contributed by atoms with Crippen LogP contribution in [0.5, 0.6) is 0 Å². The molecular weight excluding hydrogens is 328 g/mol. The highest BCUT2D eigenvalue weighted by molar-refractivity contribution is 9.11. The van der Waals surface area contributed by atoms with Gasteiger partial charge in [0.25, 0.3) is 11.8 Å². The first-order valence-electron chi connectivity index (χ1n) is 5.44. The molecule has 2 heterocycles. The molecule has 0 fully saturated rings. The number of hydrogen-bond donors (Lipinski definition) is 0. The molecule has 0 bridgehead atoms. The number of carbonyl (C=O) groups is 2. The monoisotopic (exact) mass is 334 g/mol. The topological polar surface area (TPSA) is 49.7 Å². The Morgan fingerprint density at radius 2 is 1.68 bits per heavy atom. The number of fused-ring (bicyclic) bond motifs is 1. The molecule has 0 atom stereocenters. The molecule has 0 unspecified atom stereocenters. The van der Waals surface area contributed by atoms with E-state index >= 15 is 0 Å². The fraction of sp³-hybridized carbons (Fsp3) is 0. The van der Waals surface area contributed by atoms with Gasteiger partial charge in [-0.05, 0) is 40.2 Å². The number of hydrazone groups is 1. The van der Waals surface area contributed by atoms with E-state index < -0.39 is 0 Å². The van der Waals surface area contributed by atoms with Crippen molar-refractivity contribution in [2.45, 2.75) is 0 Å². The first-order chi connectivity index (χ1) is 9.16. The van der Waals surface area contributed by atoms with Gasteiger partial charge in [-0.3, -0.25) is 9.59 Å². The Balaban J connectivity index is 1.90. The van der Waals surface area contributed by atoms with Crippen molar-refractivity contribution >= 4 is 45.3 Å². The zero-order chi connectivity index (χ0) is 13.4. The molecule has 0 N–H and O–H groups in total. The van der Waals surface area contributed by atoms with Crippen molar-refractivity contribution in [2.75, 3.05) is 0 Å². The highest BCUT2D eigenvalue weighted by Crippen LogP contribution is 2.24. The van der Waals surface area contributed by atoms with Gasteiger partial charge >= 0.3 is 0 Å². The first kappa shape index (κ1) is 12.3. The van der Waals surface area contributed by atoms with Gasteiger partial charge in [0.15, 0.2) is 0 Å². The van der Waals surface area contributed by atoms with Gasteiger partial charge in [0.2, 0.25) is 0 Å². The molecule has 6 heteroatoms. The molecule has 0 saturated heterocycles. The number of benzene rings is 1. The molecule has 1 aromatic carbocycles. The highest BCUT2D eigenvalue weighted by atomic mass is 79.9. The molecule has 2 amide bonds. The number of carbonyl (C=O) groups excluding carboxylic acids is 2. The van der Waals surface area contributed by atoms with E-state index in [-0.39, 0.29) is 11.8 Å². The molecule has 94 valence electrons. The first-order valence-corrected chi connectivity index (χ1v) is 7.05. The Kier molecular flexibility index (Phi) is 3.04. The summed E-state index contributed by atoms with van der Waals surface area (Å²) in [7, 11) is 0. The van der Waals surface area contributed by atoms with Gasteiger partial charge in [0.05, 0.1) is 21.1 Å². The minimum atomic E-state index is -0.382. The third kappa shape index (κ3) is 2.13. The van der Waals surface area contributed by atoms with Crippen LogP contribution in [0.25, 0.3) is 0 Å². The van der Waals surface area contributed by atoms with Gasteiger partial charge in [0.1, 0.15) is 0 Å². The maximum absolute atomic E-state index is 12.0. The fourth-order valence-corrected chi connectivity index (χ4v) is 3.08. The molecule has 1 aliphatic heterocycles. The van der Waals surface area contributed by atoms with Crippen LogP contribution in [0.1, 0.15) is 25.6 Å². The summed E-state index contributed by atoms with van der Waals surface area (Å²) in [5.41, 5.74) is 0.800. The standard InChI is InChI=1S/C13H7BrN2O2S/c14-11-6-5-8(19-11)7-15-16-12(17)9-3-1-2-4-10(9)13(16)18/h1-7H/b15-7+. The molecule has 19 heavy (non-hydrogen) atoms. The van der Waals surface area contributed by atoms with Gasteiger partial charge < -0.3 is 0 Å². The number of imide groups is 1. The third-order valence-electron chi connectivity index (χ3n) is 2.67. The van der Waals surface area contributed by atoms with E-state index in [1.807, 2.05) is 12.1 Å². The van der Waals surface area contributed by atoms with Crippen LogP contribution in [-0.2, 0) is 0 Å². The summed E-state index contributed by atoms with van der Waals surface area (Å²) >= 11 is 4.82. The van der Waals surface area contributed by atoms with E-state index in [0.29, 0.717) is 11.1 Å². The van der Waals surface area contributed by atoms with Crippen molar-refractivity contribution in [1.82, 2.24) is 5.01 Å². The van der Waals surface area contributed by atoms with E-state index in [4.69, 9.17) is 0 Å². The minimum Gasteiger partial charge on any atom is -0.267 e. The fourth-order valence-electron chi connectivity index (χ4n) is 1.79. The van der Waals surface area contributed by atoms with Crippen molar-refractivity contribution < 1.29 is 9.59 Å². The molecule has 0 spiro atoms. The summed E-state index contributed by atoms with van der Waals surface area (Å²) in [6, 6.07) is 10.5. The zero-order valence-corrected chi connectivity index (χ0v) is 11.9. The summed E-state index contributed by atoms with van der Waals surface area (Å²) < 4.78 is 0.969. The lowest BCUT2D eigenvalue weighted by Gasteiger charge is -2.04. The molecule has 3 rings (SSSR count). The van der Waals surface area contributed by atoms with E-state index in [1.54, 1.807) is 24.3 Å². The lowest BCUT2D eigenvalue weighted by molar-refractivity contribution is 0.0660. The molecule has 4 nitrogen and oxygen atoms in total. The minimum absolute atomic E-state index is 0.382. The van der Waals surface area contributed by atoms with Crippen molar-refractivity contribution in [2.24, 2.45) is 5.10 Å². The summed E-state index contributed by atoms with van der Waals surface area (Å²) in [5, 5.41) is 4.88. The quantitative estimate of drug-likeness (QED) is 0.625. The van der Waals surface area contributed by atoms with Crippen molar-refractivity contribution in [3.8, 4) is 0 Å². The SMILES string of the molecule is O=C1c2ccccc2C(=O)N1/N=C/c1ccc(Br)s1. The van der Waals surface area contributed by atoms with Crippen LogP contribution in [0.2, 0.25) is 0 Å². The van der Waals surface area contributed by atoms with Crippen molar-refractivity contribution in [1.29, 1.82) is 0 Å². The second kappa shape index (κ2) is 4.71. The van der Waals surface area contributed by atoms with Gasteiger partial charge in [-0.25, -0.2) is 0 Å². The maximum atomic E-state index is 12.0. The predicted octanol–water partition coefficient (Wildman–Crippen LogP) is 3.14. The van der Waals surface area contributed by atoms with Crippen LogP contribution in [0.4, 0.5) is 0 Å². The summed E-state index contributed by atoms with van der Waals surface area (Å²) in [6.07, 6.45) is 1.51. The van der Waals surface area contributed by atoms with Gasteiger partial charge in [-0.1, -0.05) is 12.1 Å². The van der Waals surface area contributed by atoms with Gasteiger partial charge in [-0.15, -0.1) is 11.3 Å². The molecule has 2 aromatic rings. The summed E-state index contributed by atoms with van der Waals surface area (Å²) in [5.74, 6) is -0.764. The van der Waals surface area contributed by atoms with Gasteiger partial charge in [0, 0.05) is 4.88 Å². The number of rotatable bonds is 2. The van der Waals surface area contributed by atoms with E-state index in [2.05, 4.69) is 21.0 Å². The molecule has 1 aliphatic rings. The number of thiophene rings is 1.